The number of nitriles is 1. The summed E-state index contributed by atoms with van der Waals surface area (Å²) in [5.41, 5.74) is 1.12. The lowest BCUT2D eigenvalue weighted by Crippen LogP contribution is -1.90. The molecule has 2 rings (SSSR count). The van der Waals surface area contributed by atoms with Crippen LogP contribution in [0.15, 0.2) is 18.2 Å². The third kappa shape index (κ3) is 1.08. The number of halogens is 1. The summed E-state index contributed by atoms with van der Waals surface area (Å²) in [6, 6.07) is 6.76. The van der Waals surface area contributed by atoms with Crippen molar-refractivity contribution in [2.24, 2.45) is 0 Å². The summed E-state index contributed by atoms with van der Waals surface area (Å²) in [4.78, 5) is 0. The second-order valence-electron chi connectivity index (χ2n) is 3.09. The van der Waals surface area contributed by atoms with Gasteiger partial charge in [-0.1, -0.05) is 12.1 Å². The fourth-order valence-electron chi connectivity index (χ4n) is 1.39. The van der Waals surface area contributed by atoms with E-state index in [4.69, 9.17) is 5.26 Å². The van der Waals surface area contributed by atoms with Crippen molar-refractivity contribution in [3.8, 4) is 6.07 Å². The van der Waals surface area contributed by atoms with E-state index < -0.39 is 0 Å². The molecular weight excluding hydrogens is 153 g/mol. The zero-order valence-corrected chi connectivity index (χ0v) is 6.55. The molecule has 1 saturated carbocycles. The lowest BCUT2D eigenvalue weighted by molar-refractivity contribution is 0.621. The van der Waals surface area contributed by atoms with Crippen LogP contribution in [0.4, 0.5) is 4.39 Å². The van der Waals surface area contributed by atoms with Gasteiger partial charge in [0.25, 0.3) is 0 Å². The monoisotopic (exact) mass is 161 g/mol. The summed E-state index contributed by atoms with van der Waals surface area (Å²) in [6.07, 6.45) is 2.19. The first-order valence-electron chi connectivity index (χ1n) is 4.01. The van der Waals surface area contributed by atoms with Crippen molar-refractivity contribution in [1.29, 1.82) is 5.26 Å². The van der Waals surface area contributed by atoms with E-state index in [0.717, 1.165) is 18.4 Å². The zero-order valence-electron chi connectivity index (χ0n) is 6.55. The Morgan fingerprint density at radius 2 is 2.17 bits per heavy atom. The van der Waals surface area contributed by atoms with Gasteiger partial charge in [-0.15, -0.1) is 0 Å². The van der Waals surface area contributed by atoms with Gasteiger partial charge in [-0.25, -0.2) is 4.39 Å². The molecule has 1 aliphatic rings. The molecule has 0 spiro atoms. The maximum atomic E-state index is 13.0. The highest BCUT2D eigenvalue weighted by Crippen LogP contribution is 2.41. The number of hydrogen-bond acceptors (Lipinski definition) is 1. The minimum absolute atomic E-state index is 0.236. The highest BCUT2D eigenvalue weighted by molar-refractivity contribution is 5.42. The van der Waals surface area contributed by atoms with Gasteiger partial charge in [-0.05, 0) is 30.4 Å². The number of hydrogen-bond donors (Lipinski definition) is 0. The zero-order chi connectivity index (χ0) is 8.55. The van der Waals surface area contributed by atoms with Crippen LogP contribution in [0.25, 0.3) is 0 Å². The predicted molar refractivity (Wildman–Crippen MR) is 43.1 cm³/mol. The molecule has 1 aliphatic carbocycles. The quantitative estimate of drug-likeness (QED) is 0.621. The van der Waals surface area contributed by atoms with Crippen molar-refractivity contribution in [2.45, 2.75) is 18.8 Å². The summed E-state index contributed by atoms with van der Waals surface area (Å²) in [7, 11) is 0. The van der Waals surface area contributed by atoms with E-state index in [2.05, 4.69) is 0 Å². The summed E-state index contributed by atoms with van der Waals surface area (Å²) >= 11 is 0. The van der Waals surface area contributed by atoms with Crippen LogP contribution in [0.1, 0.15) is 29.9 Å². The molecule has 0 aromatic heterocycles. The van der Waals surface area contributed by atoms with Crippen LogP contribution in [0.2, 0.25) is 0 Å². The summed E-state index contributed by atoms with van der Waals surface area (Å²) in [5, 5.41) is 8.69. The Balaban J connectivity index is 2.53. The van der Waals surface area contributed by atoms with Gasteiger partial charge in [0.1, 0.15) is 11.9 Å². The minimum Gasteiger partial charge on any atom is -0.206 e. The summed E-state index contributed by atoms with van der Waals surface area (Å²) in [6.45, 7) is 0. The third-order valence-corrected chi connectivity index (χ3v) is 2.17. The highest BCUT2D eigenvalue weighted by Gasteiger charge is 2.26. The topological polar surface area (TPSA) is 23.8 Å². The predicted octanol–water partition coefficient (Wildman–Crippen LogP) is 2.57. The van der Waals surface area contributed by atoms with Crippen molar-refractivity contribution in [3.63, 3.8) is 0 Å². The van der Waals surface area contributed by atoms with Crippen LogP contribution in [-0.4, -0.2) is 0 Å². The van der Waals surface area contributed by atoms with E-state index in [1.165, 1.54) is 6.07 Å². The summed E-state index contributed by atoms with van der Waals surface area (Å²) in [5.74, 6) is 0.0530. The van der Waals surface area contributed by atoms with Crippen LogP contribution in [0.3, 0.4) is 0 Å². The molecule has 0 radical (unpaired) electrons. The lowest BCUT2D eigenvalue weighted by Gasteiger charge is -2.00. The lowest BCUT2D eigenvalue weighted by atomic mass is 10.0. The van der Waals surface area contributed by atoms with Crippen LogP contribution in [0, 0.1) is 17.1 Å². The number of rotatable bonds is 1. The molecule has 1 aromatic rings. The molecule has 0 amide bonds. The first kappa shape index (κ1) is 7.30. The van der Waals surface area contributed by atoms with Crippen molar-refractivity contribution < 1.29 is 4.39 Å². The van der Waals surface area contributed by atoms with Gasteiger partial charge < -0.3 is 0 Å². The molecule has 0 atom stereocenters. The molecule has 60 valence electrons. The van der Waals surface area contributed by atoms with E-state index in [-0.39, 0.29) is 11.4 Å². The Kier molecular flexibility index (Phi) is 1.58. The van der Waals surface area contributed by atoms with Crippen LogP contribution in [0.5, 0.6) is 0 Å². The molecule has 0 N–H and O–H groups in total. The molecule has 0 heterocycles. The summed E-state index contributed by atoms with van der Waals surface area (Å²) < 4.78 is 13.0. The minimum atomic E-state index is -0.387. The average molecular weight is 161 g/mol. The molecule has 0 bridgehead atoms. The third-order valence-electron chi connectivity index (χ3n) is 2.17. The first-order valence-corrected chi connectivity index (χ1v) is 4.01. The van der Waals surface area contributed by atoms with Crippen LogP contribution in [-0.2, 0) is 0 Å². The maximum Gasteiger partial charge on any atom is 0.141 e. The molecule has 0 aliphatic heterocycles. The smallest absolute Gasteiger partial charge is 0.141 e. The first-order chi connectivity index (χ1) is 5.83. The molecule has 2 heteroatoms. The van der Waals surface area contributed by atoms with Gasteiger partial charge >= 0.3 is 0 Å². The van der Waals surface area contributed by atoms with Gasteiger partial charge in [-0.3, -0.25) is 0 Å². The van der Waals surface area contributed by atoms with E-state index in [9.17, 15) is 4.39 Å². The van der Waals surface area contributed by atoms with Crippen molar-refractivity contribution >= 4 is 0 Å². The second-order valence-corrected chi connectivity index (χ2v) is 3.09. The van der Waals surface area contributed by atoms with E-state index in [0.29, 0.717) is 5.92 Å². The molecule has 0 saturated heterocycles. The molecule has 1 nitrogen and oxygen atoms in total. The van der Waals surface area contributed by atoms with Gasteiger partial charge in [-0.2, -0.15) is 5.26 Å². The number of benzene rings is 1. The largest absolute Gasteiger partial charge is 0.206 e. The Bertz CT molecular complexity index is 347. The normalized spacial score (nSPS) is 15.7. The van der Waals surface area contributed by atoms with E-state index in [1.54, 1.807) is 6.07 Å². The Morgan fingerprint density at radius 1 is 1.42 bits per heavy atom. The molecule has 12 heavy (non-hydrogen) atoms. The Morgan fingerprint density at radius 3 is 2.75 bits per heavy atom. The van der Waals surface area contributed by atoms with Crippen LogP contribution < -0.4 is 0 Å². The molecular formula is C10H8FN. The van der Waals surface area contributed by atoms with Crippen molar-refractivity contribution in [3.05, 3.63) is 35.1 Å². The number of nitrogens with zero attached hydrogens (tertiary/aromatic N) is 1. The van der Waals surface area contributed by atoms with E-state index in [1.807, 2.05) is 12.1 Å². The second kappa shape index (κ2) is 2.60. The standard InChI is InChI=1S/C10H8FN/c11-10-3-1-2-8(7-4-5-7)9(10)6-12/h1-3,7H,4-5H2. The SMILES string of the molecule is N#Cc1c(F)cccc1C1CC1. The highest BCUT2D eigenvalue weighted by atomic mass is 19.1. The molecule has 1 fully saturated rings. The van der Waals surface area contributed by atoms with Gasteiger partial charge in [0, 0.05) is 0 Å². The maximum absolute atomic E-state index is 13.0. The van der Waals surface area contributed by atoms with Crippen molar-refractivity contribution in [1.82, 2.24) is 0 Å². The molecule has 1 aromatic carbocycles. The fourth-order valence-corrected chi connectivity index (χ4v) is 1.39. The van der Waals surface area contributed by atoms with Gasteiger partial charge in [0.05, 0.1) is 5.56 Å². The van der Waals surface area contributed by atoms with E-state index >= 15 is 0 Å². The van der Waals surface area contributed by atoms with Crippen molar-refractivity contribution in [2.75, 3.05) is 0 Å². The molecule has 0 unspecified atom stereocenters. The Labute approximate surface area is 70.4 Å². The van der Waals surface area contributed by atoms with Gasteiger partial charge in [0.15, 0.2) is 0 Å². The van der Waals surface area contributed by atoms with Crippen LogP contribution >= 0.6 is 0 Å². The Hall–Kier alpha value is -1.36. The van der Waals surface area contributed by atoms with Gasteiger partial charge in [0.2, 0.25) is 0 Å². The average Bonchev–Trinajstić information content (AvgIpc) is 2.86. The fraction of sp³-hybridized carbons (Fsp3) is 0.300.